The van der Waals surface area contributed by atoms with Crippen molar-refractivity contribution in [1.82, 2.24) is 0 Å². The van der Waals surface area contributed by atoms with Crippen LogP contribution < -0.4 is 0 Å². The van der Waals surface area contributed by atoms with E-state index in [1.165, 1.54) is 44.9 Å². The van der Waals surface area contributed by atoms with Crippen molar-refractivity contribution < 1.29 is 10.2 Å². The zero-order valence-electron chi connectivity index (χ0n) is 11.4. The van der Waals surface area contributed by atoms with Gasteiger partial charge in [0.15, 0.2) is 0 Å². The summed E-state index contributed by atoms with van der Waals surface area (Å²) in [7, 11) is 0. The lowest BCUT2D eigenvalue weighted by atomic mass is 10.1. The minimum Gasteiger partial charge on any atom is -0.396 e. The standard InChI is InChI=1S/C14H30O2S/c1-2-3-4-5-6-7-8-9-10-14(16)13-17-12-11-15/h14-16H,2-13H2,1H3. The van der Waals surface area contributed by atoms with Crippen LogP contribution in [0.15, 0.2) is 0 Å². The number of thioether (sulfide) groups is 1. The fraction of sp³-hybridized carbons (Fsp3) is 1.00. The molecule has 0 saturated carbocycles. The molecule has 0 heterocycles. The number of aliphatic hydroxyl groups is 2. The summed E-state index contributed by atoms with van der Waals surface area (Å²) in [6.45, 7) is 2.46. The first-order valence-electron chi connectivity index (χ1n) is 7.18. The molecule has 0 spiro atoms. The largest absolute Gasteiger partial charge is 0.396 e. The van der Waals surface area contributed by atoms with Crippen LogP contribution in [0, 0.1) is 0 Å². The van der Waals surface area contributed by atoms with Gasteiger partial charge in [0.05, 0.1) is 12.7 Å². The van der Waals surface area contributed by atoms with Gasteiger partial charge in [-0.1, -0.05) is 58.3 Å². The maximum Gasteiger partial charge on any atom is 0.0630 e. The predicted molar refractivity (Wildman–Crippen MR) is 77.6 cm³/mol. The molecule has 0 aliphatic rings. The predicted octanol–water partition coefficient (Wildman–Crippen LogP) is 3.60. The minimum atomic E-state index is -0.174. The summed E-state index contributed by atoms with van der Waals surface area (Å²) >= 11 is 1.64. The minimum absolute atomic E-state index is 0.174. The molecule has 0 aliphatic carbocycles. The van der Waals surface area contributed by atoms with Crippen LogP contribution in [0.5, 0.6) is 0 Å². The van der Waals surface area contributed by atoms with Gasteiger partial charge in [0, 0.05) is 11.5 Å². The van der Waals surface area contributed by atoms with E-state index in [-0.39, 0.29) is 12.7 Å². The Bertz CT molecular complexity index is 142. The summed E-state index contributed by atoms with van der Waals surface area (Å²) < 4.78 is 0. The molecule has 0 aliphatic heterocycles. The fourth-order valence-corrected chi connectivity index (χ4v) is 2.62. The number of hydrogen-bond acceptors (Lipinski definition) is 3. The summed E-state index contributed by atoms with van der Waals surface area (Å²) in [6, 6.07) is 0. The Kier molecular flexibility index (Phi) is 14.6. The van der Waals surface area contributed by atoms with Gasteiger partial charge in [-0.15, -0.1) is 0 Å². The molecule has 1 atom stereocenters. The first kappa shape index (κ1) is 17.3. The van der Waals surface area contributed by atoms with Crippen molar-refractivity contribution in [1.29, 1.82) is 0 Å². The Hall–Kier alpha value is 0.270. The van der Waals surface area contributed by atoms with Gasteiger partial charge < -0.3 is 10.2 Å². The van der Waals surface area contributed by atoms with Gasteiger partial charge in [-0.25, -0.2) is 0 Å². The molecular formula is C14H30O2S. The average molecular weight is 262 g/mol. The van der Waals surface area contributed by atoms with Crippen LogP contribution in [-0.2, 0) is 0 Å². The maximum absolute atomic E-state index is 9.65. The highest BCUT2D eigenvalue weighted by Crippen LogP contribution is 2.12. The zero-order chi connectivity index (χ0) is 12.8. The Morgan fingerprint density at radius 3 is 2.12 bits per heavy atom. The highest BCUT2D eigenvalue weighted by Gasteiger charge is 2.03. The molecule has 0 bridgehead atoms. The van der Waals surface area contributed by atoms with Crippen LogP contribution in [0.2, 0.25) is 0 Å². The average Bonchev–Trinajstić information content (AvgIpc) is 2.33. The molecule has 0 aromatic carbocycles. The topological polar surface area (TPSA) is 40.5 Å². The Morgan fingerprint density at radius 1 is 0.941 bits per heavy atom. The maximum atomic E-state index is 9.65. The van der Waals surface area contributed by atoms with Gasteiger partial charge in [0.25, 0.3) is 0 Å². The summed E-state index contributed by atoms with van der Waals surface area (Å²) in [5, 5.41) is 18.3. The fourth-order valence-electron chi connectivity index (χ4n) is 1.88. The van der Waals surface area contributed by atoms with Gasteiger partial charge in [-0.2, -0.15) is 11.8 Å². The van der Waals surface area contributed by atoms with Crippen molar-refractivity contribution in [3.05, 3.63) is 0 Å². The van der Waals surface area contributed by atoms with E-state index in [0.29, 0.717) is 0 Å². The van der Waals surface area contributed by atoms with Crippen LogP contribution in [0.25, 0.3) is 0 Å². The van der Waals surface area contributed by atoms with Gasteiger partial charge in [0.2, 0.25) is 0 Å². The van der Waals surface area contributed by atoms with Gasteiger partial charge in [0.1, 0.15) is 0 Å². The quantitative estimate of drug-likeness (QED) is 0.498. The molecule has 3 heteroatoms. The summed E-state index contributed by atoms with van der Waals surface area (Å²) in [5.74, 6) is 1.52. The molecule has 2 nitrogen and oxygen atoms in total. The van der Waals surface area contributed by atoms with E-state index >= 15 is 0 Å². The molecular weight excluding hydrogens is 232 g/mol. The van der Waals surface area contributed by atoms with Crippen molar-refractivity contribution in [3.63, 3.8) is 0 Å². The Morgan fingerprint density at radius 2 is 1.53 bits per heavy atom. The zero-order valence-corrected chi connectivity index (χ0v) is 12.2. The molecule has 0 amide bonds. The molecule has 0 rings (SSSR count). The van der Waals surface area contributed by atoms with Crippen LogP contribution in [0.4, 0.5) is 0 Å². The van der Waals surface area contributed by atoms with Crippen molar-refractivity contribution in [2.24, 2.45) is 0 Å². The third-order valence-corrected chi connectivity index (χ3v) is 4.03. The van der Waals surface area contributed by atoms with Crippen molar-refractivity contribution >= 4 is 11.8 Å². The lowest BCUT2D eigenvalue weighted by Crippen LogP contribution is -2.10. The third kappa shape index (κ3) is 14.2. The van der Waals surface area contributed by atoms with E-state index in [0.717, 1.165) is 24.3 Å². The highest BCUT2D eigenvalue weighted by molar-refractivity contribution is 7.99. The van der Waals surface area contributed by atoms with Crippen molar-refractivity contribution in [2.45, 2.75) is 70.8 Å². The molecule has 1 unspecified atom stereocenters. The molecule has 2 N–H and O–H groups in total. The first-order chi connectivity index (χ1) is 8.31. The lowest BCUT2D eigenvalue weighted by Gasteiger charge is -2.09. The molecule has 0 fully saturated rings. The first-order valence-corrected chi connectivity index (χ1v) is 8.33. The summed E-state index contributed by atoms with van der Waals surface area (Å²) in [4.78, 5) is 0. The van der Waals surface area contributed by atoms with E-state index < -0.39 is 0 Å². The van der Waals surface area contributed by atoms with Gasteiger partial charge in [-0.3, -0.25) is 0 Å². The third-order valence-electron chi connectivity index (χ3n) is 2.94. The Balaban J connectivity index is 3.05. The smallest absolute Gasteiger partial charge is 0.0630 e. The van der Waals surface area contributed by atoms with Crippen LogP contribution in [0.3, 0.4) is 0 Å². The van der Waals surface area contributed by atoms with E-state index in [1.54, 1.807) is 11.8 Å². The second-order valence-electron chi connectivity index (χ2n) is 4.72. The molecule has 17 heavy (non-hydrogen) atoms. The second kappa shape index (κ2) is 14.3. The van der Waals surface area contributed by atoms with Crippen LogP contribution in [-0.4, -0.2) is 34.4 Å². The van der Waals surface area contributed by atoms with Gasteiger partial charge in [-0.05, 0) is 6.42 Å². The number of aliphatic hydroxyl groups excluding tert-OH is 2. The number of hydrogen-bond donors (Lipinski definition) is 2. The monoisotopic (exact) mass is 262 g/mol. The Labute approximate surface area is 111 Å². The van der Waals surface area contributed by atoms with Crippen molar-refractivity contribution in [2.75, 3.05) is 18.1 Å². The number of unbranched alkanes of at least 4 members (excludes halogenated alkanes) is 7. The van der Waals surface area contributed by atoms with E-state index in [4.69, 9.17) is 5.11 Å². The lowest BCUT2D eigenvalue weighted by molar-refractivity contribution is 0.184. The molecule has 0 aromatic rings. The normalized spacial score (nSPS) is 12.9. The van der Waals surface area contributed by atoms with E-state index in [1.807, 2.05) is 0 Å². The molecule has 0 radical (unpaired) electrons. The van der Waals surface area contributed by atoms with Crippen LogP contribution in [0.1, 0.15) is 64.7 Å². The van der Waals surface area contributed by atoms with E-state index in [9.17, 15) is 5.11 Å². The van der Waals surface area contributed by atoms with Gasteiger partial charge >= 0.3 is 0 Å². The number of rotatable bonds is 13. The molecule has 0 aromatic heterocycles. The summed E-state index contributed by atoms with van der Waals surface area (Å²) in [5.41, 5.74) is 0. The molecule has 104 valence electrons. The SMILES string of the molecule is CCCCCCCCCCC(O)CSCCO. The highest BCUT2D eigenvalue weighted by atomic mass is 32.2. The molecule has 0 saturated heterocycles. The second-order valence-corrected chi connectivity index (χ2v) is 5.87. The summed E-state index contributed by atoms with van der Waals surface area (Å²) in [6.07, 6.45) is 11.3. The van der Waals surface area contributed by atoms with Crippen molar-refractivity contribution in [3.8, 4) is 0 Å². The van der Waals surface area contributed by atoms with Crippen LogP contribution >= 0.6 is 11.8 Å². The van der Waals surface area contributed by atoms with E-state index in [2.05, 4.69) is 6.92 Å².